The van der Waals surface area contributed by atoms with E-state index in [1.807, 2.05) is 13.0 Å². The van der Waals surface area contributed by atoms with E-state index in [9.17, 15) is 19.2 Å². The second-order valence-electron chi connectivity index (χ2n) is 9.55. The Morgan fingerprint density at radius 2 is 1.97 bits per heavy atom. The summed E-state index contributed by atoms with van der Waals surface area (Å²) < 4.78 is 10.5. The second-order valence-corrected chi connectivity index (χ2v) is 9.55. The molecule has 0 spiro atoms. The summed E-state index contributed by atoms with van der Waals surface area (Å²) in [6.07, 6.45) is 7.17. The van der Waals surface area contributed by atoms with Crippen LogP contribution in [0.4, 0.5) is 4.79 Å². The molecular formula is C23H28O7. The standard InChI is InChI=1S/C23H28O7/c1-22-9-7-14(24)11-13(22)3-4-15-16-5-6-18(23(16,2)12-17(25)20(15)22)30-21(28)29-10-8-19(26)27/h7,9,11,15-16,18,20H,3-6,8,10,12H2,1-2H3,(H,26,27)/t15-,16-,18+,20+,22-,23-/m0/s1. The molecule has 0 heterocycles. The fourth-order valence-corrected chi connectivity index (χ4v) is 6.55. The fourth-order valence-electron chi connectivity index (χ4n) is 6.55. The molecule has 30 heavy (non-hydrogen) atoms. The van der Waals surface area contributed by atoms with E-state index in [2.05, 4.69) is 6.92 Å². The number of Topliss-reactive ketones (excluding diaryl/α,β-unsaturated/α-hetero) is 1. The number of fused-ring (bicyclic) bond motifs is 5. The summed E-state index contributed by atoms with van der Waals surface area (Å²) in [6.45, 7) is 3.87. The van der Waals surface area contributed by atoms with Gasteiger partial charge in [0.2, 0.25) is 0 Å². The number of ketones is 2. The van der Waals surface area contributed by atoms with Crippen LogP contribution in [0.15, 0.2) is 23.8 Å². The first-order valence-electron chi connectivity index (χ1n) is 10.7. The highest BCUT2D eigenvalue weighted by molar-refractivity contribution is 6.01. The predicted octanol–water partition coefficient (Wildman–Crippen LogP) is 3.47. The number of hydrogen-bond acceptors (Lipinski definition) is 6. The molecule has 0 aromatic carbocycles. The summed E-state index contributed by atoms with van der Waals surface area (Å²) in [6, 6.07) is 0. The van der Waals surface area contributed by atoms with Crippen LogP contribution < -0.4 is 0 Å². The van der Waals surface area contributed by atoms with Gasteiger partial charge in [-0.2, -0.15) is 0 Å². The third kappa shape index (κ3) is 3.28. The van der Waals surface area contributed by atoms with E-state index in [4.69, 9.17) is 14.6 Å². The maximum absolute atomic E-state index is 13.4. The lowest BCUT2D eigenvalue weighted by atomic mass is 9.48. The number of carboxylic acid groups (broad SMARTS) is 1. The normalized spacial score (nSPS) is 39.5. The number of aliphatic carboxylic acids is 1. The van der Waals surface area contributed by atoms with Crippen molar-refractivity contribution in [3.05, 3.63) is 23.8 Å². The Kier molecular flexibility index (Phi) is 5.11. The predicted molar refractivity (Wildman–Crippen MR) is 105 cm³/mol. The summed E-state index contributed by atoms with van der Waals surface area (Å²) in [5, 5.41) is 8.67. The molecule has 0 radical (unpaired) electrons. The zero-order valence-electron chi connectivity index (χ0n) is 17.4. The third-order valence-electron chi connectivity index (χ3n) is 7.94. The summed E-state index contributed by atoms with van der Waals surface area (Å²) in [5.74, 6) is -0.599. The van der Waals surface area contributed by atoms with Crippen LogP contribution in [0, 0.1) is 28.6 Å². The second kappa shape index (κ2) is 7.36. The van der Waals surface area contributed by atoms with Crippen LogP contribution in [-0.4, -0.2) is 41.5 Å². The minimum atomic E-state index is -1.04. The van der Waals surface area contributed by atoms with Gasteiger partial charge in [0.05, 0.1) is 6.42 Å². The lowest BCUT2D eigenvalue weighted by Gasteiger charge is -2.55. The van der Waals surface area contributed by atoms with E-state index in [1.165, 1.54) is 0 Å². The van der Waals surface area contributed by atoms with Crippen LogP contribution in [0.5, 0.6) is 0 Å². The smallest absolute Gasteiger partial charge is 0.481 e. The molecule has 6 atom stereocenters. The zero-order valence-corrected chi connectivity index (χ0v) is 17.4. The Balaban J connectivity index is 1.51. The highest BCUT2D eigenvalue weighted by atomic mass is 16.7. The quantitative estimate of drug-likeness (QED) is 0.699. The highest BCUT2D eigenvalue weighted by Crippen LogP contribution is 2.63. The molecule has 162 valence electrons. The van der Waals surface area contributed by atoms with E-state index in [0.29, 0.717) is 12.8 Å². The van der Waals surface area contributed by atoms with Gasteiger partial charge in [0, 0.05) is 23.2 Å². The summed E-state index contributed by atoms with van der Waals surface area (Å²) in [4.78, 5) is 47.9. The van der Waals surface area contributed by atoms with Crippen molar-refractivity contribution in [2.75, 3.05) is 6.61 Å². The molecule has 7 nitrogen and oxygen atoms in total. The van der Waals surface area contributed by atoms with Crippen LogP contribution in [0.25, 0.3) is 0 Å². The maximum atomic E-state index is 13.4. The molecule has 0 unspecified atom stereocenters. The van der Waals surface area contributed by atoms with Crippen LogP contribution in [0.1, 0.15) is 52.4 Å². The van der Waals surface area contributed by atoms with Gasteiger partial charge in [-0.05, 0) is 49.7 Å². The first-order valence-corrected chi connectivity index (χ1v) is 10.7. The SMILES string of the molecule is C[C@]12CC(=O)[C@H]3[C@@H](CCC4=CC(=O)C=C[C@@]43C)[C@@H]1CC[C@H]2OC(=O)OCCC(=O)O. The molecule has 0 aromatic heterocycles. The molecule has 4 aliphatic rings. The number of carbonyl (C=O) groups excluding carboxylic acids is 3. The van der Waals surface area contributed by atoms with Crippen LogP contribution >= 0.6 is 0 Å². The van der Waals surface area contributed by atoms with Gasteiger partial charge < -0.3 is 14.6 Å². The van der Waals surface area contributed by atoms with E-state index in [1.54, 1.807) is 12.2 Å². The number of rotatable bonds is 4. The molecule has 0 saturated heterocycles. The molecule has 0 aliphatic heterocycles. The van der Waals surface area contributed by atoms with Crippen LogP contribution in [0.3, 0.4) is 0 Å². The van der Waals surface area contributed by atoms with Crippen molar-refractivity contribution < 1.29 is 33.8 Å². The number of hydrogen-bond donors (Lipinski definition) is 1. The number of carboxylic acids is 1. The number of carbonyl (C=O) groups is 4. The number of allylic oxidation sites excluding steroid dienone is 4. The first kappa shape index (κ1) is 20.8. The molecule has 4 aliphatic carbocycles. The van der Waals surface area contributed by atoms with Gasteiger partial charge in [-0.3, -0.25) is 14.4 Å². The fraction of sp³-hybridized carbons (Fsp3) is 0.652. The monoisotopic (exact) mass is 416 g/mol. The first-order chi connectivity index (χ1) is 14.1. The average molecular weight is 416 g/mol. The Bertz CT molecular complexity index is 856. The van der Waals surface area contributed by atoms with Gasteiger partial charge >= 0.3 is 12.1 Å². The largest absolute Gasteiger partial charge is 0.508 e. The van der Waals surface area contributed by atoms with Crippen molar-refractivity contribution in [2.45, 2.75) is 58.5 Å². The van der Waals surface area contributed by atoms with Crippen molar-refractivity contribution in [2.24, 2.45) is 28.6 Å². The van der Waals surface area contributed by atoms with Crippen molar-refractivity contribution in [1.29, 1.82) is 0 Å². The van der Waals surface area contributed by atoms with E-state index in [0.717, 1.165) is 24.8 Å². The average Bonchev–Trinajstić information content (AvgIpc) is 2.97. The molecule has 0 aromatic rings. The summed E-state index contributed by atoms with van der Waals surface area (Å²) in [5.41, 5.74) is 0.195. The highest BCUT2D eigenvalue weighted by Gasteiger charge is 2.62. The third-order valence-corrected chi connectivity index (χ3v) is 7.94. The van der Waals surface area contributed by atoms with Gasteiger partial charge in [-0.25, -0.2) is 4.79 Å². The maximum Gasteiger partial charge on any atom is 0.508 e. The molecule has 7 heteroatoms. The summed E-state index contributed by atoms with van der Waals surface area (Å²) in [7, 11) is 0. The minimum Gasteiger partial charge on any atom is -0.481 e. The van der Waals surface area contributed by atoms with Gasteiger partial charge in [0.1, 0.15) is 18.5 Å². The van der Waals surface area contributed by atoms with Crippen molar-refractivity contribution in [1.82, 2.24) is 0 Å². The summed E-state index contributed by atoms with van der Waals surface area (Å²) >= 11 is 0. The molecule has 4 rings (SSSR count). The lowest BCUT2D eigenvalue weighted by Crippen LogP contribution is -2.55. The molecule has 3 saturated carbocycles. The molecule has 1 N–H and O–H groups in total. The Morgan fingerprint density at radius 1 is 1.20 bits per heavy atom. The van der Waals surface area contributed by atoms with E-state index in [-0.39, 0.29) is 42.3 Å². The molecular weight excluding hydrogens is 388 g/mol. The van der Waals surface area contributed by atoms with E-state index < -0.39 is 29.1 Å². The van der Waals surface area contributed by atoms with Gasteiger partial charge in [0.25, 0.3) is 0 Å². The van der Waals surface area contributed by atoms with E-state index >= 15 is 0 Å². The van der Waals surface area contributed by atoms with Crippen LogP contribution in [-0.2, 0) is 23.9 Å². The van der Waals surface area contributed by atoms with Crippen molar-refractivity contribution in [3.8, 4) is 0 Å². The lowest BCUT2D eigenvalue weighted by molar-refractivity contribution is -0.147. The van der Waals surface area contributed by atoms with Gasteiger partial charge in [0.15, 0.2) is 5.78 Å². The van der Waals surface area contributed by atoms with Gasteiger partial charge in [-0.15, -0.1) is 0 Å². The molecule has 3 fully saturated rings. The van der Waals surface area contributed by atoms with Crippen molar-refractivity contribution >= 4 is 23.7 Å². The minimum absolute atomic E-state index is 0.00948. The Labute approximate surface area is 175 Å². The Hall–Kier alpha value is -2.44. The van der Waals surface area contributed by atoms with Crippen LogP contribution in [0.2, 0.25) is 0 Å². The zero-order chi connectivity index (χ0) is 21.7. The van der Waals surface area contributed by atoms with Gasteiger partial charge in [-0.1, -0.05) is 25.5 Å². The number of ether oxygens (including phenoxy) is 2. The molecule has 0 bridgehead atoms. The Morgan fingerprint density at radius 3 is 2.70 bits per heavy atom. The van der Waals surface area contributed by atoms with Crippen molar-refractivity contribution in [3.63, 3.8) is 0 Å². The molecule has 0 amide bonds. The topological polar surface area (TPSA) is 107 Å².